The fraction of sp³-hybridized carbons (Fsp3) is 0.522. The molecule has 1 aromatic heterocycles. The van der Waals surface area contributed by atoms with Gasteiger partial charge in [0.05, 0.1) is 21.3 Å². The molecular weight excluding hydrogens is 471 g/mol. The van der Waals surface area contributed by atoms with E-state index < -0.39 is 32.2 Å². The van der Waals surface area contributed by atoms with Gasteiger partial charge in [-0.3, -0.25) is 4.79 Å². The number of nitrogens with one attached hydrogen (secondary N) is 1. The molecule has 1 heterocycles. The molecule has 0 saturated heterocycles. The monoisotopic (exact) mass is 499 g/mol. The quantitative estimate of drug-likeness (QED) is 0.608. The second-order valence-electron chi connectivity index (χ2n) is 9.29. The van der Waals surface area contributed by atoms with Crippen molar-refractivity contribution >= 4 is 15.7 Å². The van der Waals surface area contributed by atoms with Crippen LogP contribution in [-0.4, -0.2) is 41.2 Å². The number of hydrogen-bond donors (Lipinski definition) is 1. The molecule has 0 atom stereocenters. The van der Waals surface area contributed by atoms with Crippen molar-refractivity contribution < 1.29 is 31.1 Å². The first-order valence-electron chi connectivity index (χ1n) is 10.9. The van der Waals surface area contributed by atoms with Gasteiger partial charge in [-0.1, -0.05) is 6.07 Å². The lowest BCUT2D eigenvalue weighted by molar-refractivity contribution is -0.137. The van der Waals surface area contributed by atoms with Gasteiger partial charge in [-0.25, -0.2) is 18.4 Å². The second kappa shape index (κ2) is 9.16. The van der Waals surface area contributed by atoms with Crippen molar-refractivity contribution in [3.8, 4) is 5.88 Å². The van der Waals surface area contributed by atoms with Crippen molar-refractivity contribution in [2.75, 3.05) is 0 Å². The van der Waals surface area contributed by atoms with E-state index in [2.05, 4.69) is 15.3 Å². The lowest BCUT2D eigenvalue weighted by Crippen LogP contribution is -2.53. The normalized spacial score (nSPS) is 19.0. The summed E-state index contributed by atoms with van der Waals surface area (Å²) in [5.74, 6) is -0.450. The molecule has 1 aliphatic carbocycles. The molecule has 0 radical (unpaired) electrons. The van der Waals surface area contributed by atoms with Crippen LogP contribution in [0, 0.1) is 12.8 Å². The third kappa shape index (κ3) is 5.03. The van der Waals surface area contributed by atoms with E-state index in [1.165, 1.54) is 26.2 Å². The Morgan fingerprint density at radius 2 is 1.82 bits per heavy atom. The number of ether oxygens (including phenoxy) is 1. The van der Waals surface area contributed by atoms with Crippen molar-refractivity contribution in [3.05, 3.63) is 47.4 Å². The number of sulfone groups is 1. The van der Waals surface area contributed by atoms with Crippen molar-refractivity contribution in [3.63, 3.8) is 0 Å². The van der Waals surface area contributed by atoms with Crippen LogP contribution in [0.15, 0.2) is 35.5 Å². The van der Waals surface area contributed by atoms with Gasteiger partial charge in [-0.2, -0.15) is 13.2 Å². The fourth-order valence-electron chi connectivity index (χ4n) is 3.92. The van der Waals surface area contributed by atoms with Gasteiger partial charge in [-0.15, -0.1) is 0 Å². The lowest BCUT2D eigenvalue weighted by atomic mass is 9.73. The molecule has 1 aliphatic rings. The maximum atomic E-state index is 13.2. The van der Waals surface area contributed by atoms with Gasteiger partial charge in [0.2, 0.25) is 5.88 Å². The van der Waals surface area contributed by atoms with E-state index >= 15 is 0 Å². The van der Waals surface area contributed by atoms with E-state index in [4.69, 9.17) is 4.74 Å². The summed E-state index contributed by atoms with van der Waals surface area (Å²) in [7, 11) is -4.06. The minimum atomic E-state index is -4.64. The van der Waals surface area contributed by atoms with Crippen LogP contribution in [0.2, 0.25) is 0 Å². The summed E-state index contributed by atoms with van der Waals surface area (Å²) in [6, 6.07) is 3.50. The van der Waals surface area contributed by atoms with Crippen LogP contribution in [0.5, 0.6) is 5.88 Å². The van der Waals surface area contributed by atoms with Gasteiger partial charge in [0.1, 0.15) is 12.0 Å². The van der Waals surface area contributed by atoms with Crippen molar-refractivity contribution in [1.82, 2.24) is 15.3 Å². The Bertz CT molecular complexity index is 1170. The zero-order valence-corrected chi connectivity index (χ0v) is 20.4. The number of aromatic nitrogens is 2. The molecule has 2 aromatic rings. The summed E-state index contributed by atoms with van der Waals surface area (Å²) in [5, 5.41) is 2.85. The molecule has 1 fully saturated rings. The first-order valence-corrected chi connectivity index (χ1v) is 12.3. The summed E-state index contributed by atoms with van der Waals surface area (Å²) in [6.07, 6.45) is -2.78. The minimum Gasteiger partial charge on any atom is -0.475 e. The summed E-state index contributed by atoms with van der Waals surface area (Å²) in [6.45, 7) is 8.38. The predicted octanol–water partition coefficient (Wildman–Crippen LogP) is 4.35. The topological polar surface area (TPSA) is 98.2 Å². The average Bonchev–Trinajstić information content (AvgIpc) is 2.70. The van der Waals surface area contributed by atoms with Crippen LogP contribution in [0.3, 0.4) is 0 Å². The molecule has 1 aromatic carbocycles. The molecule has 0 spiro atoms. The molecule has 7 nitrogen and oxygen atoms in total. The largest absolute Gasteiger partial charge is 0.475 e. The second-order valence-corrected chi connectivity index (χ2v) is 11.8. The van der Waals surface area contributed by atoms with E-state index in [0.29, 0.717) is 30.4 Å². The smallest absolute Gasteiger partial charge is 0.416 e. The number of carbonyl (C=O) groups is 1. The van der Waals surface area contributed by atoms with E-state index in [0.717, 1.165) is 12.1 Å². The Kier molecular flexibility index (Phi) is 6.99. The highest BCUT2D eigenvalue weighted by atomic mass is 32.2. The van der Waals surface area contributed by atoms with E-state index in [-0.39, 0.29) is 28.7 Å². The maximum absolute atomic E-state index is 13.2. The molecular formula is C23H28F3N3O4S. The van der Waals surface area contributed by atoms with Gasteiger partial charge < -0.3 is 10.1 Å². The maximum Gasteiger partial charge on any atom is 0.416 e. The fourth-order valence-corrected chi connectivity index (χ4v) is 5.70. The Hall–Kier alpha value is -2.69. The Morgan fingerprint density at radius 1 is 1.18 bits per heavy atom. The van der Waals surface area contributed by atoms with Gasteiger partial charge in [0.15, 0.2) is 9.84 Å². The van der Waals surface area contributed by atoms with Crippen LogP contribution < -0.4 is 10.1 Å². The van der Waals surface area contributed by atoms with Crippen LogP contribution in [-0.2, 0) is 16.0 Å². The molecule has 1 saturated carbocycles. The van der Waals surface area contributed by atoms with Crippen LogP contribution in [0.25, 0.3) is 0 Å². The zero-order chi connectivity index (χ0) is 25.5. The van der Waals surface area contributed by atoms with Crippen molar-refractivity contribution in [1.29, 1.82) is 0 Å². The van der Waals surface area contributed by atoms with Crippen LogP contribution >= 0.6 is 0 Å². The average molecular weight is 500 g/mol. The number of hydrogen-bond acceptors (Lipinski definition) is 6. The third-order valence-corrected chi connectivity index (χ3v) is 8.81. The number of nitrogens with zero attached hydrogens (tertiary/aromatic N) is 2. The standard InChI is InChI=1S/C23H28F3N3O4S/c1-13(2)33-21-14(3)19(27-12-28-21)20(30)29-17-9-16(10-17)22(4,5)34(31,32)18-8-6-7-15(11-18)23(24,25)26/h6-8,11-13,16-17H,9-10H2,1-5H3,(H,29,30). The van der Waals surface area contributed by atoms with Crippen molar-refractivity contribution in [2.24, 2.45) is 5.92 Å². The predicted molar refractivity (Wildman–Crippen MR) is 119 cm³/mol. The molecule has 0 aliphatic heterocycles. The van der Waals surface area contributed by atoms with E-state index in [1.807, 2.05) is 13.8 Å². The number of alkyl halides is 3. The van der Waals surface area contributed by atoms with E-state index in [1.54, 1.807) is 6.92 Å². The van der Waals surface area contributed by atoms with E-state index in [9.17, 15) is 26.4 Å². The summed E-state index contributed by atoms with van der Waals surface area (Å²) < 4.78 is 69.9. The van der Waals surface area contributed by atoms with Gasteiger partial charge in [0, 0.05) is 11.6 Å². The number of halogens is 3. The molecule has 34 heavy (non-hydrogen) atoms. The van der Waals surface area contributed by atoms with Gasteiger partial charge in [-0.05, 0) is 71.6 Å². The highest BCUT2D eigenvalue weighted by Gasteiger charge is 2.49. The minimum absolute atomic E-state index is 0.127. The zero-order valence-electron chi connectivity index (χ0n) is 19.6. The first kappa shape index (κ1) is 25.9. The Labute approximate surface area is 197 Å². The van der Waals surface area contributed by atoms with Crippen LogP contribution in [0.1, 0.15) is 62.2 Å². The molecule has 11 heteroatoms. The van der Waals surface area contributed by atoms with Gasteiger partial charge in [0.25, 0.3) is 5.91 Å². The summed E-state index contributed by atoms with van der Waals surface area (Å²) in [4.78, 5) is 20.5. The molecule has 0 unspecified atom stereocenters. The number of benzene rings is 1. The highest BCUT2D eigenvalue weighted by molar-refractivity contribution is 7.92. The molecule has 186 valence electrons. The number of rotatable bonds is 7. The first-order chi connectivity index (χ1) is 15.6. The molecule has 3 rings (SSSR count). The number of carbonyl (C=O) groups excluding carboxylic acids is 1. The van der Waals surface area contributed by atoms with Gasteiger partial charge >= 0.3 is 6.18 Å². The third-order valence-electron chi connectivity index (χ3n) is 6.22. The Morgan fingerprint density at radius 3 is 2.41 bits per heavy atom. The number of amides is 1. The molecule has 1 amide bonds. The lowest BCUT2D eigenvalue weighted by Gasteiger charge is -2.44. The Balaban J connectivity index is 1.70. The molecule has 1 N–H and O–H groups in total. The SMILES string of the molecule is Cc1c(OC(C)C)ncnc1C(=O)NC1CC(C(C)(C)S(=O)(=O)c2cccc(C(F)(F)F)c2)C1. The van der Waals surface area contributed by atoms with Crippen molar-refractivity contribution in [2.45, 2.75) is 75.4 Å². The molecule has 0 bridgehead atoms. The van der Waals surface area contributed by atoms with Crippen LogP contribution in [0.4, 0.5) is 13.2 Å². The summed E-state index contributed by atoms with van der Waals surface area (Å²) >= 11 is 0. The summed E-state index contributed by atoms with van der Waals surface area (Å²) in [5.41, 5.74) is -0.342. The highest BCUT2D eigenvalue weighted by Crippen LogP contribution is 2.44.